The first-order chi connectivity index (χ1) is 14.4. The molecule has 2 aromatic carbocycles. The molecule has 2 heterocycles. The number of carbonyl (C=O) groups excluding carboxylic acids is 2. The number of benzene rings is 2. The first-order valence-electron chi connectivity index (χ1n) is 9.49. The first-order valence-corrected chi connectivity index (χ1v) is 10.4. The summed E-state index contributed by atoms with van der Waals surface area (Å²) in [5.41, 5.74) is 2.92. The number of rotatable bonds is 4. The highest BCUT2D eigenvalue weighted by Crippen LogP contribution is 2.45. The SMILES string of the molecule is COc1ccc(C)cc1/C(O)=C1\C(=O)C(=O)N(c2ccccc2)C1c1sccc1C. The molecule has 0 aliphatic carbocycles. The van der Waals surface area contributed by atoms with E-state index in [1.807, 2.05) is 49.6 Å². The number of aryl methyl sites for hydroxylation is 2. The lowest BCUT2D eigenvalue weighted by molar-refractivity contribution is -0.132. The summed E-state index contributed by atoms with van der Waals surface area (Å²) in [5.74, 6) is -1.17. The second-order valence-electron chi connectivity index (χ2n) is 7.18. The topological polar surface area (TPSA) is 66.8 Å². The molecule has 5 nitrogen and oxygen atoms in total. The third-order valence-electron chi connectivity index (χ3n) is 5.24. The van der Waals surface area contributed by atoms with Crippen LogP contribution in [0.25, 0.3) is 5.76 Å². The van der Waals surface area contributed by atoms with Gasteiger partial charge in [0, 0.05) is 10.6 Å². The van der Waals surface area contributed by atoms with Crippen molar-refractivity contribution < 1.29 is 19.4 Å². The molecule has 1 saturated heterocycles. The van der Waals surface area contributed by atoms with Gasteiger partial charge in [-0.3, -0.25) is 14.5 Å². The van der Waals surface area contributed by atoms with Gasteiger partial charge in [0.25, 0.3) is 11.7 Å². The summed E-state index contributed by atoms with van der Waals surface area (Å²) in [4.78, 5) is 28.6. The van der Waals surface area contributed by atoms with Gasteiger partial charge in [0.1, 0.15) is 17.6 Å². The van der Waals surface area contributed by atoms with Crippen molar-refractivity contribution in [3.8, 4) is 5.75 Å². The molecule has 1 unspecified atom stereocenters. The van der Waals surface area contributed by atoms with Gasteiger partial charge in [-0.2, -0.15) is 0 Å². The number of aliphatic hydroxyl groups is 1. The molecule has 0 bridgehead atoms. The number of Topliss-reactive ketones (excluding diaryl/α,β-unsaturated/α-hetero) is 1. The molecule has 6 heteroatoms. The second-order valence-corrected chi connectivity index (χ2v) is 8.12. The Hall–Kier alpha value is -3.38. The van der Waals surface area contributed by atoms with Crippen LogP contribution in [0.4, 0.5) is 5.69 Å². The van der Waals surface area contributed by atoms with Gasteiger partial charge in [0.2, 0.25) is 0 Å². The fraction of sp³-hybridized carbons (Fsp3) is 0.167. The van der Waals surface area contributed by atoms with Crippen LogP contribution >= 0.6 is 11.3 Å². The molecule has 1 amide bonds. The molecular weight excluding hydrogens is 398 g/mol. The van der Waals surface area contributed by atoms with Crippen LogP contribution in [0.15, 0.2) is 65.6 Å². The molecule has 152 valence electrons. The Morgan fingerprint density at radius 2 is 1.80 bits per heavy atom. The van der Waals surface area contributed by atoms with Crippen molar-refractivity contribution in [2.75, 3.05) is 12.0 Å². The fourth-order valence-corrected chi connectivity index (χ4v) is 4.78. The van der Waals surface area contributed by atoms with Crippen molar-refractivity contribution in [1.29, 1.82) is 0 Å². The lowest BCUT2D eigenvalue weighted by atomic mass is 9.97. The second kappa shape index (κ2) is 7.80. The molecule has 1 N–H and O–H groups in total. The smallest absolute Gasteiger partial charge is 0.300 e. The molecule has 1 aliphatic rings. The minimum atomic E-state index is -0.711. The Labute approximate surface area is 178 Å². The minimum absolute atomic E-state index is 0.0679. The minimum Gasteiger partial charge on any atom is -0.507 e. The van der Waals surface area contributed by atoms with E-state index in [9.17, 15) is 14.7 Å². The number of aliphatic hydroxyl groups excluding tert-OH is 1. The lowest BCUT2D eigenvalue weighted by Gasteiger charge is -2.25. The standard InChI is InChI=1S/C24H21NO4S/c1-14-9-10-18(29-3)17(13-14)21(26)19-20(23-15(2)11-12-30-23)25(24(28)22(19)27)16-7-5-4-6-8-16/h4-13,20,26H,1-3H3/b21-19+. The zero-order chi connectivity index (χ0) is 21.4. The zero-order valence-corrected chi connectivity index (χ0v) is 17.7. The number of para-hydroxylation sites is 1. The van der Waals surface area contributed by atoms with Crippen LogP contribution in [0.3, 0.4) is 0 Å². The number of methoxy groups -OCH3 is 1. The van der Waals surface area contributed by atoms with E-state index in [4.69, 9.17) is 4.74 Å². The van der Waals surface area contributed by atoms with Crippen LogP contribution in [0.1, 0.15) is 27.6 Å². The maximum Gasteiger partial charge on any atom is 0.300 e. The highest BCUT2D eigenvalue weighted by molar-refractivity contribution is 7.10. The fourth-order valence-electron chi connectivity index (χ4n) is 3.75. The Morgan fingerprint density at radius 3 is 2.43 bits per heavy atom. The summed E-state index contributed by atoms with van der Waals surface area (Å²) in [6.45, 7) is 3.82. The van der Waals surface area contributed by atoms with Gasteiger partial charge >= 0.3 is 0 Å². The average Bonchev–Trinajstić information content (AvgIpc) is 3.28. The number of nitrogens with zero attached hydrogens (tertiary/aromatic N) is 1. The van der Waals surface area contributed by atoms with Crippen LogP contribution in [-0.2, 0) is 9.59 Å². The van der Waals surface area contributed by atoms with Crippen LogP contribution in [0.2, 0.25) is 0 Å². The van der Waals surface area contributed by atoms with Crippen molar-refractivity contribution >= 4 is 34.5 Å². The summed E-state index contributed by atoms with van der Waals surface area (Å²) in [7, 11) is 1.50. The molecule has 4 rings (SSSR count). The Kier molecular flexibility index (Phi) is 5.18. The van der Waals surface area contributed by atoms with Crippen molar-refractivity contribution in [3.05, 3.63) is 87.1 Å². The monoisotopic (exact) mass is 419 g/mol. The van der Waals surface area contributed by atoms with E-state index in [-0.39, 0.29) is 11.3 Å². The quantitative estimate of drug-likeness (QED) is 0.367. The van der Waals surface area contributed by atoms with E-state index < -0.39 is 17.7 Å². The lowest BCUT2D eigenvalue weighted by Crippen LogP contribution is -2.29. The summed E-state index contributed by atoms with van der Waals surface area (Å²) in [5, 5.41) is 13.2. The number of thiophene rings is 1. The van der Waals surface area contributed by atoms with Crippen LogP contribution in [0, 0.1) is 13.8 Å². The van der Waals surface area contributed by atoms with Crippen LogP contribution in [-0.4, -0.2) is 23.9 Å². The van der Waals surface area contributed by atoms with E-state index in [2.05, 4.69) is 0 Å². The predicted octanol–water partition coefficient (Wildman–Crippen LogP) is 5.00. The van der Waals surface area contributed by atoms with Crippen LogP contribution < -0.4 is 9.64 Å². The van der Waals surface area contributed by atoms with Gasteiger partial charge in [0.15, 0.2) is 0 Å². The molecule has 3 aromatic rings. The van der Waals surface area contributed by atoms with Gasteiger partial charge in [-0.1, -0.05) is 29.8 Å². The summed E-state index contributed by atoms with van der Waals surface area (Å²) in [6.07, 6.45) is 0. The molecule has 1 fully saturated rings. The van der Waals surface area contributed by atoms with E-state index in [0.717, 1.165) is 16.0 Å². The number of hydrogen-bond acceptors (Lipinski definition) is 5. The van der Waals surface area contributed by atoms with Gasteiger partial charge in [-0.05, 0) is 55.1 Å². The van der Waals surface area contributed by atoms with Gasteiger partial charge < -0.3 is 9.84 Å². The largest absolute Gasteiger partial charge is 0.507 e. The molecule has 0 spiro atoms. The molecule has 1 atom stereocenters. The maximum absolute atomic E-state index is 13.2. The normalized spacial score (nSPS) is 18.1. The molecule has 30 heavy (non-hydrogen) atoms. The highest BCUT2D eigenvalue weighted by Gasteiger charge is 2.48. The predicted molar refractivity (Wildman–Crippen MR) is 118 cm³/mol. The summed E-state index contributed by atoms with van der Waals surface area (Å²) >= 11 is 1.46. The molecule has 1 aliphatic heterocycles. The van der Waals surface area contributed by atoms with Gasteiger partial charge in [-0.25, -0.2) is 0 Å². The molecular formula is C24H21NO4S. The number of ether oxygens (including phenoxy) is 1. The van der Waals surface area contributed by atoms with Crippen molar-refractivity contribution in [2.24, 2.45) is 0 Å². The molecule has 0 radical (unpaired) electrons. The molecule has 1 aromatic heterocycles. The van der Waals surface area contributed by atoms with E-state index >= 15 is 0 Å². The number of ketones is 1. The summed E-state index contributed by atoms with van der Waals surface area (Å²) < 4.78 is 5.40. The Bertz CT molecular complexity index is 1160. The maximum atomic E-state index is 13.2. The van der Waals surface area contributed by atoms with Gasteiger partial charge in [0.05, 0.1) is 18.2 Å². The number of hydrogen-bond donors (Lipinski definition) is 1. The zero-order valence-electron chi connectivity index (χ0n) is 16.9. The number of carbonyl (C=O) groups is 2. The molecule has 0 saturated carbocycles. The van der Waals surface area contributed by atoms with Crippen molar-refractivity contribution in [2.45, 2.75) is 19.9 Å². The Morgan fingerprint density at radius 1 is 1.07 bits per heavy atom. The third-order valence-corrected chi connectivity index (χ3v) is 6.31. The Balaban J connectivity index is 1.99. The average molecular weight is 420 g/mol. The number of anilines is 1. The van der Waals surface area contributed by atoms with Gasteiger partial charge in [-0.15, -0.1) is 11.3 Å². The van der Waals surface area contributed by atoms with Crippen molar-refractivity contribution in [1.82, 2.24) is 0 Å². The highest BCUT2D eigenvalue weighted by atomic mass is 32.1. The number of amides is 1. The summed E-state index contributed by atoms with van der Waals surface area (Å²) in [6, 6.07) is 15.6. The van der Waals surface area contributed by atoms with Crippen LogP contribution in [0.5, 0.6) is 5.75 Å². The first kappa shape index (κ1) is 19.9. The van der Waals surface area contributed by atoms with E-state index in [1.54, 1.807) is 24.3 Å². The third kappa shape index (κ3) is 3.19. The van der Waals surface area contributed by atoms with E-state index in [1.165, 1.54) is 23.3 Å². The van der Waals surface area contributed by atoms with E-state index in [0.29, 0.717) is 17.0 Å². The van der Waals surface area contributed by atoms with Crippen molar-refractivity contribution in [3.63, 3.8) is 0 Å².